The van der Waals surface area contributed by atoms with Crippen molar-refractivity contribution in [2.45, 2.75) is 25.1 Å². The molecule has 3 rings (SSSR count). The first-order valence-corrected chi connectivity index (χ1v) is 10.7. The number of pyridine rings is 2. The third kappa shape index (κ3) is 8.41. The number of amides is 2. The van der Waals surface area contributed by atoms with Crippen LogP contribution in [0.15, 0.2) is 33.7 Å². The summed E-state index contributed by atoms with van der Waals surface area (Å²) in [6.45, 7) is 1.79. The molecule has 0 N–H and O–H groups in total. The number of alkyl halides is 1. The smallest absolute Gasteiger partial charge is 0.239 e. The molecule has 146 valence electrons. The number of hydrogen-bond acceptors (Lipinski definition) is 4. The number of hydrogen-bond donors (Lipinski definition) is 0. The zero-order valence-electron chi connectivity index (χ0n) is 13.9. The molecule has 2 aromatic heterocycles. The van der Waals surface area contributed by atoms with E-state index in [-0.39, 0.29) is 23.4 Å². The van der Waals surface area contributed by atoms with E-state index in [0.717, 1.165) is 15.1 Å². The molecule has 3 heterocycles. The van der Waals surface area contributed by atoms with E-state index < -0.39 is 0 Å². The highest BCUT2D eigenvalue weighted by Crippen LogP contribution is 2.17. The quantitative estimate of drug-likeness (QED) is 0.177. The van der Waals surface area contributed by atoms with Crippen molar-refractivity contribution in [3.05, 3.63) is 56.5 Å². The van der Waals surface area contributed by atoms with Gasteiger partial charge in [-0.1, -0.05) is 15.9 Å². The van der Waals surface area contributed by atoms with E-state index in [1.54, 1.807) is 6.92 Å². The molecule has 1 saturated heterocycles. The van der Waals surface area contributed by atoms with Gasteiger partial charge >= 0.3 is 0 Å². The summed E-state index contributed by atoms with van der Waals surface area (Å²) in [5.74, 6) is -0.890. The molecule has 2 amide bonds. The molecule has 27 heavy (non-hydrogen) atoms. The van der Waals surface area contributed by atoms with E-state index in [4.69, 9.17) is 0 Å². The number of halogens is 6. The van der Waals surface area contributed by atoms with Crippen LogP contribution in [-0.2, 0) is 14.9 Å². The summed E-state index contributed by atoms with van der Waals surface area (Å²) in [5.41, 5.74) is 1.63. The number of imide groups is 1. The summed E-state index contributed by atoms with van der Waals surface area (Å²) in [7, 11) is 0. The van der Waals surface area contributed by atoms with Gasteiger partial charge in [0, 0.05) is 18.2 Å². The van der Waals surface area contributed by atoms with Crippen molar-refractivity contribution in [3.8, 4) is 0 Å². The Hall–Kier alpha value is -0.780. The average molecular weight is 637 g/mol. The van der Waals surface area contributed by atoms with Crippen LogP contribution in [0, 0.1) is 18.6 Å². The van der Waals surface area contributed by atoms with E-state index >= 15 is 0 Å². The summed E-state index contributed by atoms with van der Waals surface area (Å²) in [6, 6.07) is 2.86. The molecule has 0 radical (unpaired) electrons. The number of carbonyl (C=O) groups excluding carboxylic acids is 2. The highest BCUT2D eigenvalue weighted by Gasteiger charge is 2.26. The van der Waals surface area contributed by atoms with Crippen LogP contribution in [0.25, 0.3) is 0 Å². The lowest BCUT2D eigenvalue weighted by Gasteiger charge is -1.97. The van der Waals surface area contributed by atoms with E-state index in [1.807, 2.05) is 0 Å². The van der Waals surface area contributed by atoms with Gasteiger partial charge in [-0.2, -0.15) is 0 Å². The summed E-state index contributed by atoms with van der Waals surface area (Å²) in [4.78, 5) is 28.4. The minimum absolute atomic E-state index is 0.144. The Kier molecular flexibility index (Phi) is 10.7. The van der Waals surface area contributed by atoms with Crippen LogP contribution in [0.4, 0.5) is 8.78 Å². The molecule has 0 aliphatic carbocycles. The maximum atomic E-state index is 12.4. The molecule has 2 aromatic rings. The van der Waals surface area contributed by atoms with Gasteiger partial charge in [-0.05, 0) is 62.0 Å². The lowest BCUT2D eigenvalue weighted by atomic mass is 10.3. The molecule has 0 spiro atoms. The minimum atomic E-state index is -0.308. The van der Waals surface area contributed by atoms with Gasteiger partial charge in [0.05, 0.1) is 28.5 Å². The molecule has 5 nitrogen and oxygen atoms in total. The standard InChI is InChI=1S/C6H4Br2FN.C6H5BrFN.C4H4BrNO2/c7-2-4-1-5(9)3-10-6(4)8;1-4-2-5(8)3-9-6(4)7;5-6-3(7)1-2-4(6)8/h1,3H,2H2;2-3H,1H3;1-2H2. The third-order valence-corrected chi connectivity index (χ3v) is 5.93. The predicted molar refractivity (Wildman–Crippen MR) is 111 cm³/mol. The SMILES string of the molecule is Cc1cc(F)cnc1Br.Fc1cnc(Br)c(CBr)c1.O=C1CCC(=O)N1Br. The van der Waals surface area contributed by atoms with Crippen LogP contribution in [0.3, 0.4) is 0 Å². The Labute approximate surface area is 188 Å². The van der Waals surface area contributed by atoms with Crippen molar-refractivity contribution in [2.75, 3.05) is 0 Å². The second-order valence-electron chi connectivity index (χ2n) is 5.07. The first-order valence-electron chi connectivity index (χ1n) is 7.30. The van der Waals surface area contributed by atoms with Crippen molar-refractivity contribution in [1.82, 2.24) is 13.9 Å². The monoisotopic (exact) mass is 633 g/mol. The van der Waals surface area contributed by atoms with Crippen molar-refractivity contribution in [2.24, 2.45) is 0 Å². The van der Waals surface area contributed by atoms with Gasteiger partial charge < -0.3 is 0 Å². The zero-order valence-corrected chi connectivity index (χ0v) is 20.2. The van der Waals surface area contributed by atoms with E-state index in [1.165, 1.54) is 24.5 Å². The fourth-order valence-electron chi connectivity index (χ4n) is 1.63. The Morgan fingerprint density at radius 1 is 1.00 bits per heavy atom. The van der Waals surface area contributed by atoms with Crippen LogP contribution < -0.4 is 0 Å². The average Bonchev–Trinajstić information content (AvgIpc) is 2.92. The number of aryl methyl sites for hydroxylation is 1. The van der Waals surface area contributed by atoms with Gasteiger partial charge in [-0.3, -0.25) is 9.59 Å². The summed E-state index contributed by atoms with van der Waals surface area (Å²) in [5, 5.41) is 0.609. The predicted octanol–water partition coefficient (Wildman–Crippen LogP) is 5.62. The lowest BCUT2D eigenvalue weighted by Crippen LogP contribution is -2.16. The number of rotatable bonds is 1. The van der Waals surface area contributed by atoms with E-state index in [2.05, 4.69) is 73.9 Å². The topological polar surface area (TPSA) is 63.2 Å². The molecule has 1 fully saturated rings. The third-order valence-electron chi connectivity index (χ3n) is 2.99. The van der Waals surface area contributed by atoms with Gasteiger partial charge in [0.1, 0.15) is 20.8 Å². The first kappa shape index (κ1) is 24.3. The van der Waals surface area contributed by atoms with E-state index in [0.29, 0.717) is 27.4 Å². The Morgan fingerprint density at radius 2 is 1.48 bits per heavy atom. The molecule has 11 heteroatoms. The molecule has 0 unspecified atom stereocenters. The zero-order chi connectivity index (χ0) is 20.6. The van der Waals surface area contributed by atoms with Gasteiger partial charge in [-0.15, -0.1) is 0 Å². The van der Waals surface area contributed by atoms with Gasteiger partial charge in [0.2, 0.25) is 11.8 Å². The maximum absolute atomic E-state index is 12.4. The molecular formula is C16H13Br4F2N3O2. The lowest BCUT2D eigenvalue weighted by molar-refractivity contribution is -0.131. The Balaban J connectivity index is 0.000000204. The van der Waals surface area contributed by atoms with Crippen molar-refractivity contribution in [1.29, 1.82) is 0 Å². The van der Waals surface area contributed by atoms with Crippen LogP contribution in [-0.4, -0.2) is 25.7 Å². The fraction of sp³-hybridized carbons (Fsp3) is 0.250. The van der Waals surface area contributed by atoms with Crippen LogP contribution in [0.2, 0.25) is 0 Å². The molecule has 1 aliphatic rings. The maximum Gasteiger partial charge on any atom is 0.239 e. The summed E-state index contributed by atoms with van der Waals surface area (Å²) >= 11 is 12.3. The van der Waals surface area contributed by atoms with Crippen LogP contribution in [0.1, 0.15) is 24.0 Å². The molecule has 0 bridgehead atoms. The van der Waals surface area contributed by atoms with E-state index in [9.17, 15) is 18.4 Å². The number of nitrogens with zero attached hydrogens (tertiary/aromatic N) is 3. The molecular weight excluding hydrogens is 624 g/mol. The van der Waals surface area contributed by atoms with Crippen molar-refractivity contribution in [3.63, 3.8) is 0 Å². The molecule has 0 atom stereocenters. The largest absolute Gasteiger partial charge is 0.274 e. The highest BCUT2D eigenvalue weighted by molar-refractivity contribution is 9.11. The van der Waals surface area contributed by atoms with Gasteiger partial charge in [0.25, 0.3) is 0 Å². The fourth-order valence-corrected chi connectivity index (χ4v) is 3.36. The summed E-state index contributed by atoms with van der Waals surface area (Å²) < 4.78 is 27.1. The highest BCUT2D eigenvalue weighted by atomic mass is 79.9. The Bertz CT molecular complexity index is 808. The van der Waals surface area contributed by atoms with Gasteiger partial charge in [-0.25, -0.2) is 22.7 Å². The van der Waals surface area contributed by atoms with Gasteiger partial charge in [0.15, 0.2) is 0 Å². The van der Waals surface area contributed by atoms with Crippen molar-refractivity contribution < 1.29 is 18.4 Å². The normalized spacial score (nSPS) is 12.9. The first-order chi connectivity index (χ1) is 12.6. The second-order valence-corrected chi connectivity index (χ2v) is 7.84. The summed E-state index contributed by atoms with van der Waals surface area (Å²) in [6.07, 6.45) is 3.06. The molecule has 1 aliphatic heterocycles. The van der Waals surface area contributed by atoms with Crippen molar-refractivity contribution >= 4 is 75.8 Å². The Morgan fingerprint density at radius 3 is 1.81 bits per heavy atom. The second kappa shape index (κ2) is 11.9. The van der Waals surface area contributed by atoms with Crippen LogP contribution >= 0.6 is 63.9 Å². The minimum Gasteiger partial charge on any atom is -0.274 e. The molecule has 0 saturated carbocycles. The van der Waals surface area contributed by atoms with Crippen LogP contribution in [0.5, 0.6) is 0 Å². The number of carbonyl (C=O) groups is 2. The molecule has 0 aromatic carbocycles. The number of aromatic nitrogens is 2.